The Morgan fingerprint density at radius 2 is 2.15 bits per heavy atom. The molecule has 1 saturated carbocycles. The van der Waals surface area contributed by atoms with Gasteiger partial charge < -0.3 is 4.57 Å². The van der Waals surface area contributed by atoms with Crippen molar-refractivity contribution in [1.29, 1.82) is 0 Å². The number of ketones is 1. The van der Waals surface area contributed by atoms with Crippen LogP contribution in [0.15, 0.2) is 36.9 Å². The van der Waals surface area contributed by atoms with E-state index in [0.717, 1.165) is 18.4 Å². The summed E-state index contributed by atoms with van der Waals surface area (Å²) >= 11 is 0. The first-order chi connectivity index (χ1) is 9.74. The van der Waals surface area contributed by atoms with Crippen molar-refractivity contribution in [2.24, 2.45) is 0 Å². The molecule has 2 aromatic rings. The maximum atomic E-state index is 14.1. The van der Waals surface area contributed by atoms with Crippen molar-refractivity contribution in [2.75, 3.05) is 0 Å². The van der Waals surface area contributed by atoms with Crippen molar-refractivity contribution >= 4 is 5.78 Å². The number of Topliss-reactive ketones (excluding diaryl/α,β-unsaturated/α-hetero) is 1. The van der Waals surface area contributed by atoms with Crippen LogP contribution in [0.25, 0.3) is 0 Å². The van der Waals surface area contributed by atoms with E-state index in [0.29, 0.717) is 5.92 Å². The van der Waals surface area contributed by atoms with E-state index in [2.05, 4.69) is 4.98 Å². The SMILES string of the molecule is O=C(Cn1ccnc1)c1ccc(C2CCCC2)cc1F. The summed E-state index contributed by atoms with van der Waals surface area (Å²) in [4.78, 5) is 16.0. The van der Waals surface area contributed by atoms with Crippen LogP contribution in [0.4, 0.5) is 4.39 Å². The fourth-order valence-corrected chi connectivity index (χ4v) is 2.90. The zero-order valence-corrected chi connectivity index (χ0v) is 11.3. The number of carbonyl (C=O) groups excluding carboxylic acids is 1. The minimum absolute atomic E-state index is 0.125. The van der Waals surface area contributed by atoms with Crippen LogP contribution in [0.2, 0.25) is 0 Å². The van der Waals surface area contributed by atoms with Crippen molar-refractivity contribution in [3.63, 3.8) is 0 Å². The van der Waals surface area contributed by atoms with Crippen LogP contribution in [0.3, 0.4) is 0 Å². The van der Waals surface area contributed by atoms with E-state index in [9.17, 15) is 9.18 Å². The maximum Gasteiger partial charge on any atom is 0.185 e. The van der Waals surface area contributed by atoms with Gasteiger partial charge in [-0.15, -0.1) is 0 Å². The molecule has 0 amide bonds. The lowest BCUT2D eigenvalue weighted by Gasteiger charge is -2.11. The third kappa shape index (κ3) is 2.64. The molecule has 1 heterocycles. The quantitative estimate of drug-likeness (QED) is 0.798. The second-order valence-corrected chi connectivity index (χ2v) is 5.38. The Kier molecular flexibility index (Phi) is 3.63. The Hall–Kier alpha value is -1.97. The monoisotopic (exact) mass is 272 g/mol. The normalized spacial score (nSPS) is 15.7. The molecule has 0 saturated heterocycles. The van der Waals surface area contributed by atoms with Crippen molar-refractivity contribution in [1.82, 2.24) is 9.55 Å². The molecule has 104 valence electrons. The Morgan fingerprint density at radius 1 is 1.35 bits per heavy atom. The molecule has 0 aliphatic heterocycles. The number of carbonyl (C=O) groups is 1. The number of hydrogen-bond acceptors (Lipinski definition) is 2. The summed E-state index contributed by atoms with van der Waals surface area (Å²) in [5, 5.41) is 0. The van der Waals surface area contributed by atoms with Crippen LogP contribution in [0, 0.1) is 5.82 Å². The summed E-state index contributed by atoms with van der Waals surface area (Å²) in [6.07, 6.45) is 9.54. The topological polar surface area (TPSA) is 34.9 Å². The van der Waals surface area contributed by atoms with Gasteiger partial charge in [0.2, 0.25) is 0 Å². The van der Waals surface area contributed by atoms with E-state index < -0.39 is 5.82 Å². The lowest BCUT2D eigenvalue weighted by atomic mass is 9.95. The first kappa shape index (κ1) is 13.0. The fourth-order valence-electron chi connectivity index (χ4n) is 2.90. The molecule has 1 aliphatic carbocycles. The minimum atomic E-state index is -0.403. The molecule has 1 aliphatic rings. The second kappa shape index (κ2) is 5.57. The molecular weight excluding hydrogens is 255 g/mol. The van der Waals surface area contributed by atoms with E-state index in [1.807, 2.05) is 6.07 Å². The van der Waals surface area contributed by atoms with Crippen molar-refractivity contribution in [3.05, 3.63) is 53.9 Å². The average molecular weight is 272 g/mol. The van der Waals surface area contributed by atoms with Crippen LogP contribution in [0.1, 0.15) is 47.5 Å². The highest BCUT2D eigenvalue weighted by Gasteiger charge is 2.19. The van der Waals surface area contributed by atoms with E-state index in [-0.39, 0.29) is 17.9 Å². The molecule has 0 atom stereocenters. The highest BCUT2D eigenvalue weighted by Crippen LogP contribution is 2.34. The molecule has 0 N–H and O–H groups in total. The van der Waals surface area contributed by atoms with E-state index >= 15 is 0 Å². The van der Waals surface area contributed by atoms with Gasteiger partial charge in [-0.3, -0.25) is 4.79 Å². The molecule has 3 rings (SSSR count). The molecule has 1 aromatic carbocycles. The number of hydrogen-bond donors (Lipinski definition) is 0. The second-order valence-electron chi connectivity index (χ2n) is 5.38. The van der Waals surface area contributed by atoms with Gasteiger partial charge >= 0.3 is 0 Å². The van der Waals surface area contributed by atoms with Gasteiger partial charge in [0.1, 0.15) is 5.82 Å². The first-order valence-electron chi connectivity index (χ1n) is 7.02. The Labute approximate surface area is 117 Å². The smallest absolute Gasteiger partial charge is 0.185 e. The average Bonchev–Trinajstić information content (AvgIpc) is 3.11. The Morgan fingerprint density at radius 3 is 2.80 bits per heavy atom. The molecule has 0 bridgehead atoms. The third-order valence-corrected chi connectivity index (χ3v) is 4.01. The molecule has 3 nitrogen and oxygen atoms in total. The zero-order valence-electron chi connectivity index (χ0n) is 11.3. The molecule has 0 radical (unpaired) electrons. The van der Waals surface area contributed by atoms with Gasteiger partial charge in [-0.2, -0.15) is 0 Å². The molecule has 4 heteroatoms. The molecule has 0 spiro atoms. The van der Waals surface area contributed by atoms with Gasteiger partial charge in [0.15, 0.2) is 5.78 Å². The molecule has 20 heavy (non-hydrogen) atoms. The van der Waals surface area contributed by atoms with E-state index in [1.54, 1.807) is 29.4 Å². The predicted octanol–water partition coefficient (Wildman–Crippen LogP) is 3.56. The third-order valence-electron chi connectivity index (χ3n) is 4.01. The van der Waals surface area contributed by atoms with E-state index in [1.165, 1.54) is 18.9 Å². The highest BCUT2D eigenvalue weighted by atomic mass is 19.1. The van der Waals surface area contributed by atoms with Gasteiger partial charge in [-0.25, -0.2) is 9.37 Å². The summed E-state index contributed by atoms with van der Waals surface area (Å²) in [5.41, 5.74) is 1.19. The van der Waals surface area contributed by atoms with Crippen LogP contribution in [-0.4, -0.2) is 15.3 Å². The van der Waals surface area contributed by atoms with E-state index in [4.69, 9.17) is 0 Å². The molecule has 1 aromatic heterocycles. The molecule has 1 fully saturated rings. The summed E-state index contributed by atoms with van der Waals surface area (Å²) < 4.78 is 15.8. The standard InChI is InChI=1S/C16H17FN2O/c17-15-9-13(12-3-1-2-4-12)5-6-14(15)16(20)10-19-8-7-18-11-19/h5-9,11-12H,1-4,10H2. The minimum Gasteiger partial charge on any atom is -0.330 e. The summed E-state index contributed by atoms with van der Waals surface area (Å²) in [7, 11) is 0. The molecule has 0 unspecified atom stereocenters. The van der Waals surface area contributed by atoms with Gasteiger partial charge in [0, 0.05) is 12.4 Å². The van der Waals surface area contributed by atoms with Crippen LogP contribution in [0.5, 0.6) is 0 Å². The highest BCUT2D eigenvalue weighted by molar-refractivity contribution is 5.96. The Bertz CT molecular complexity index is 601. The lowest BCUT2D eigenvalue weighted by molar-refractivity contribution is 0.0968. The zero-order chi connectivity index (χ0) is 13.9. The lowest BCUT2D eigenvalue weighted by Crippen LogP contribution is -2.11. The van der Waals surface area contributed by atoms with Crippen molar-refractivity contribution < 1.29 is 9.18 Å². The Balaban J connectivity index is 1.78. The number of benzene rings is 1. The van der Waals surface area contributed by atoms with Crippen molar-refractivity contribution in [2.45, 2.75) is 38.1 Å². The number of nitrogens with zero attached hydrogens (tertiary/aromatic N) is 2. The maximum absolute atomic E-state index is 14.1. The predicted molar refractivity (Wildman–Crippen MR) is 74.2 cm³/mol. The van der Waals surface area contributed by atoms with Gasteiger partial charge in [0.25, 0.3) is 0 Å². The fraction of sp³-hybridized carbons (Fsp3) is 0.375. The van der Waals surface area contributed by atoms with Gasteiger partial charge in [-0.1, -0.05) is 18.9 Å². The number of imidazole rings is 1. The summed E-state index contributed by atoms with van der Waals surface area (Å²) in [6.45, 7) is 0.125. The van der Waals surface area contributed by atoms with Crippen molar-refractivity contribution in [3.8, 4) is 0 Å². The number of aromatic nitrogens is 2. The summed E-state index contributed by atoms with van der Waals surface area (Å²) in [6, 6.07) is 5.07. The van der Waals surface area contributed by atoms with Crippen LogP contribution < -0.4 is 0 Å². The first-order valence-corrected chi connectivity index (χ1v) is 7.02. The van der Waals surface area contributed by atoms with Crippen LogP contribution in [-0.2, 0) is 6.54 Å². The molecular formula is C16H17FN2O. The van der Waals surface area contributed by atoms with Gasteiger partial charge in [0.05, 0.1) is 18.4 Å². The largest absolute Gasteiger partial charge is 0.330 e. The van der Waals surface area contributed by atoms with Gasteiger partial charge in [-0.05, 0) is 36.5 Å². The number of halogens is 1. The number of rotatable bonds is 4. The van der Waals surface area contributed by atoms with Crippen LogP contribution >= 0.6 is 0 Å². The summed E-state index contributed by atoms with van der Waals surface area (Å²) in [5.74, 6) is -0.166.